The van der Waals surface area contributed by atoms with E-state index in [2.05, 4.69) is 17.1 Å². The SMILES string of the molecule is O=C1/C=C\C=c2\[nH]c3c(c2/C=C\1)C1CC1=CC=3. The molecule has 1 N–H and O–H groups in total. The average molecular weight is 221 g/mol. The van der Waals surface area contributed by atoms with Crippen LogP contribution >= 0.6 is 0 Å². The quantitative estimate of drug-likeness (QED) is 0.700. The van der Waals surface area contributed by atoms with Gasteiger partial charge in [0.25, 0.3) is 0 Å². The van der Waals surface area contributed by atoms with Gasteiger partial charge in [-0.15, -0.1) is 0 Å². The van der Waals surface area contributed by atoms with Crippen molar-refractivity contribution in [3.05, 3.63) is 51.7 Å². The first-order valence-corrected chi connectivity index (χ1v) is 5.86. The first-order valence-electron chi connectivity index (χ1n) is 5.86. The van der Waals surface area contributed by atoms with Crippen LogP contribution in [0, 0.1) is 0 Å². The van der Waals surface area contributed by atoms with E-state index in [1.807, 2.05) is 18.2 Å². The van der Waals surface area contributed by atoms with Crippen LogP contribution in [0.15, 0.2) is 29.9 Å². The summed E-state index contributed by atoms with van der Waals surface area (Å²) < 4.78 is 0. The third kappa shape index (κ3) is 1.24. The Morgan fingerprint density at radius 1 is 1.06 bits per heavy atom. The molecule has 82 valence electrons. The number of aromatic amines is 1. The van der Waals surface area contributed by atoms with Gasteiger partial charge in [-0.3, -0.25) is 4.79 Å². The van der Waals surface area contributed by atoms with Crippen LogP contribution in [-0.4, -0.2) is 10.8 Å². The molecule has 1 saturated carbocycles. The minimum absolute atomic E-state index is 0.0493. The molecule has 0 amide bonds. The van der Waals surface area contributed by atoms with Gasteiger partial charge in [-0.25, -0.2) is 0 Å². The van der Waals surface area contributed by atoms with Crippen molar-refractivity contribution in [1.29, 1.82) is 0 Å². The standard InChI is InChI=1S/C15H11NO/c17-10-2-1-3-13-11(6-5-10)15-12-8-9(12)4-7-14(15)16-13/h1-7,12,16H,8H2/b2-1-,6-5-,13-3+. The molecular formula is C15H11NO. The van der Waals surface area contributed by atoms with Crippen molar-refractivity contribution in [2.75, 3.05) is 0 Å². The van der Waals surface area contributed by atoms with Crippen LogP contribution in [0.25, 0.3) is 18.2 Å². The van der Waals surface area contributed by atoms with Crippen LogP contribution in [0.1, 0.15) is 23.5 Å². The minimum Gasteiger partial charge on any atom is -0.355 e. The second kappa shape index (κ2) is 2.98. The number of carbonyl (C=O) groups is 1. The highest BCUT2D eigenvalue weighted by Gasteiger charge is 2.35. The molecule has 2 heteroatoms. The zero-order valence-corrected chi connectivity index (χ0v) is 9.23. The molecule has 3 aliphatic carbocycles. The van der Waals surface area contributed by atoms with Crippen molar-refractivity contribution >= 4 is 24.0 Å². The van der Waals surface area contributed by atoms with E-state index in [4.69, 9.17) is 0 Å². The van der Waals surface area contributed by atoms with Gasteiger partial charge in [0.2, 0.25) is 0 Å². The summed E-state index contributed by atoms with van der Waals surface area (Å²) in [6.45, 7) is 0. The molecule has 4 rings (SSSR count). The Hall–Kier alpha value is -2.09. The summed E-state index contributed by atoms with van der Waals surface area (Å²) in [5.74, 6) is 0.639. The lowest BCUT2D eigenvalue weighted by atomic mass is 10.0. The second-order valence-corrected chi connectivity index (χ2v) is 4.71. The summed E-state index contributed by atoms with van der Waals surface area (Å²) in [6.07, 6.45) is 14.5. The first kappa shape index (κ1) is 8.99. The summed E-state index contributed by atoms with van der Waals surface area (Å²) >= 11 is 0. The molecule has 17 heavy (non-hydrogen) atoms. The van der Waals surface area contributed by atoms with Crippen molar-refractivity contribution in [3.63, 3.8) is 0 Å². The molecule has 1 heterocycles. The number of nitrogens with one attached hydrogen (secondary N) is 1. The molecule has 1 aromatic rings. The molecule has 1 unspecified atom stereocenters. The number of rotatable bonds is 0. The molecule has 2 nitrogen and oxygen atoms in total. The zero-order chi connectivity index (χ0) is 11.4. The predicted molar refractivity (Wildman–Crippen MR) is 67.6 cm³/mol. The number of hydrogen-bond donors (Lipinski definition) is 1. The van der Waals surface area contributed by atoms with Crippen LogP contribution in [-0.2, 0) is 4.79 Å². The Morgan fingerprint density at radius 3 is 2.94 bits per heavy atom. The largest absolute Gasteiger partial charge is 0.355 e. The number of carbonyl (C=O) groups excluding carboxylic acids is 1. The van der Waals surface area contributed by atoms with Crippen LogP contribution in [0.3, 0.4) is 0 Å². The van der Waals surface area contributed by atoms with Crippen molar-refractivity contribution in [2.45, 2.75) is 12.3 Å². The second-order valence-electron chi connectivity index (χ2n) is 4.71. The van der Waals surface area contributed by atoms with Gasteiger partial charge in [0.1, 0.15) is 0 Å². The number of aromatic nitrogens is 1. The van der Waals surface area contributed by atoms with Crippen LogP contribution in [0.2, 0.25) is 0 Å². The Bertz CT molecular complexity index is 741. The molecule has 3 aliphatic rings. The Balaban J connectivity index is 2.06. The summed E-state index contributed by atoms with van der Waals surface area (Å²) in [6, 6.07) is 0. The Morgan fingerprint density at radius 2 is 2.00 bits per heavy atom. The van der Waals surface area contributed by atoms with E-state index in [0.29, 0.717) is 5.92 Å². The van der Waals surface area contributed by atoms with E-state index in [1.54, 1.807) is 12.2 Å². The van der Waals surface area contributed by atoms with E-state index < -0.39 is 0 Å². The normalized spacial score (nSPS) is 29.2. The van der Waals surface area contributed by atoms with Gasteiger partial charge in [0, 0.05) is 22.2 Å². The number of allylic oxidation sites excluding steroid dienone is 5. The van der Waals surface area contributed by atoms with Crippen LogP contribution in [0.5, 0.6) is 0 Å². The fourth-order valence-electron chi connectivity index (χ4n) is 2.69. The average Bonchev–Trinajstić information content (AvgIpc) is 3.01. The number of H-pyrrole nitrogens is 1. The molecule has 1 atom stereocenters. The molecule has 0 radical (unpaired) electrons. The highest BCUT2D eigenvalue weighted by Crippen LogP contribution is 2.47. The third-order valence-corrected chi connectivity index (χ3v) is 3.62. The highest BCUT2D eigenvalue weighted by atomic mass is 16.1. The molecule has 1 aromatic heterocycles. The first-order chi connectivity index (χ1) is 8.33. The summed E-state index contributed by atoms with van der Waals surface area (Å²) in [4.78, 5) is 14.8. The molecule has 1 fully saturated rings. The zero-order valence-electron chi connectivity index (χ0n) is 9.23. The Kier molecular flexibility index (Phi) is 1.57. The molecule has 0 aromatic carbocycles. The van der Waals surface area contributed by atoms with Crippen LogP contribution < -0.4 is 10.7 Å². The van der Waals surface area contributed by atoms with E-state index in [9.17, 15) is 4.79 Å². The highest BCUT2D eigenvalue weighted by molar-refractivity contribution is 6.03. The molecule has 0 bridgehead atoms. The summed E-state index contributed by atoms with van der Waals surface area (Å²) in [5, 5.41) is 2.30. The lowest BCUT2D eigenvalue weighted by molar-refractivity contribution is -0.110. The number of ketones is 1. The van der Waals surface area contributed by atoms with Gasteiger partial charge in [-0.05, 0) is 42.4 Å². The lowest BCUT2D eigenvalue weighted by Gasteiger charge is -2.00. The van der Waals surface area contributed by atoms with Crippen molar-refractivity contribution in [2.24, 2.45) is 0 Å². The molecule has 0 aliphatic heterocycles. The maximum atomic E-state index is 11.4. The van der Waals surface area contributed by atoms with Crippen LogP contribution in [0.4, 0.5) is 0 Å². The van der Waals surface area contributed by atoms with Gasteiger partial charge >= 0.3 is 0 Å². The smallest absolute Gasteiger partial charge is 0.178 e. The number of hydrogen-bond acceptors (Lipinski definition) is 1. The fraction of sp³-hybridized carbons (Fsp3) is 0.133. The maximum Gasteiger partial charge on any atom is 0.178 e. The van der Waals surface area contributed by atoms with Gasteiger partial charge in [0.15, 0.2) is 5.78 Å². The van der Waals surface area contributed by atoms with Gasteiger partial charge in [0.05, 0.1) is 0 Å². The van der Waals surface area contributed by atoms with Gasteiger partial charge in [-0.1, -0.05) is 17.7 Å². The van der Waals surface area contributed by atoms with Gasteiger partial charge < -0.3 is 4.98 Å². The summed E-state index contributed by atoms with van der Waals surface area (Å²) in [5.41, 5.74) is 4.06. The summed E-state index contributed by atoms with van der Waals surface area (Å²) in [7, 11) is 0. The van der Waals surface area contributed by atoms with Crippen molar-refractivity contribution in [1.82, 2.24) is 4.98 Å². The van der Waals surface area contributed by atoms with E-state index in [1.165, 1.54) is 28.5 Å². The van der Waals surface area contributed by atoms with E-state index in [0.717, 1.165) is 5.35 Å². The molecule has 0 spiro atoms. The van der Waals surface area contributed by atoms with E-state index >= 15 is 0 Å². The van der Waals surface area contributed by atoms with Gasteiger partial charge in [-0.2, -0.15) is 0 Å². The third-order valence-electron chi connectivity index (χ3n) is 3.62. The fourth-order valence-corrected chi connectivity index (χ4v) is 2.69. The lowest BCUT2D eigenvalue weighted by Crippen LogP contribution is -2.11. The molecular weight excluding hydrogens is 210 g/mol. The minimum atomic E-state index is 0.0493. The predicted octanol–water partition coefficient (Wildman–Crippen LogP) is 1.16. The molecule has 0 saturated heterocycles. The van der Waals surface area contributed by atoms with Crippen molar-refractivity contribution in [3.8, 4) is 0 Å². The van der Waals surface area contributed by atoms with Crippen molar-refractivity contribution < 1.29 is 4.79 Å². The maximum absolute atomic E-state index is 11.4. The number of fused-ring (bicyclic) bond motifs is 5. The van der Waals surface area contributed by atoms with E-state index in [-0.39, 0.29) is 5.78 Å². The topological polar surface area (TPSA) is 32.9 Å². The Labute approximate surface area is 98.4 Å². The monoisotopic (exact) mass is 221 g/mol.